The molecule has 0 saturated heterocycles. The predicted octanol–water partition coefficient (Wildman–Crippen LogP) is 4.83. The van der Waals surface area contributed by atoms with Gasteiger partial charge >= 0.3 is 18.2 Å². The second-order valence-corrected chi connectivity index (χ2v) is 19.8. The number of alkyl carbamates (subject to hydrolysis) is 1. The van der Waals surface area contributed by atoms with E-state index in [4.69, 9.17) is 26.1 Å². The number of rotatable bonds is 16. The van der Waals surface area contributed by atoms with Crippen LogP contribution in [0.1, 0.15) is 79.4 Å². The molecule has 0 aromatic heterocycles. The average Bonchev–Trinajstić information content (AvgIpc) is 2.97. The first-order chi connectivity index (χ1) is 23.0. The maximum atomic E-state index is 13.7. The Bertz CT molecular complexity index is 1380. The maximum absolute atomic E-state index is 13.7. The van der Waals surface area contributed by atoms with Gasteiger partial charge in [-0.25, -0.2) is 14.4 Å². The first-order valence-electron chi connectivity index (χ1n) is 16.7. The number of carbonyl (C=O) groups is 5. The number of amides is 6. The minimum Gasteiger partial charge on any atom is -0.444 e. The van der Waals surface area contributed by atoms with Crippen molar-refractivity contribution in [1.82, 2.24) is 20.9 Å². The normalized spacial score (nSPS) is 12.9. The zero-order chi connectivity index (χ0) is 38.4. The number of nitrogens with one attached hydrogen (secondary N) is 4. The highest BCUT2D eigenvalue weighted by Crippen LogP contribution is 2.37. The number of hydrogen-bond acceptors (Lipinski definition) is 8. The van der Waals surface area contributed by atoms with E-state index < -0.39 is 56.0 Å². The molecule has 15 heteroatoms. The van der Waals surface area contributed by atoms with Gasteiger partial charge in [-0.1, -0.05) is 46.6 Å². The van der Waals surface area contributed by atoms with Gasteiger partial charge in [0.15, 0.2) is 14.9 Å². The SMILES string of the molecule is C#CCOC(=O)N(C)Cc1cc(NC(=O)[C@H](CCCNC(N)=O)NC(=O)[C@@H](NC(=O)OC(C)(C)C)C(C)C)ccc1CO[Si](C)(C)C(C)(C)C. The molecule has 0 unspecified atom stereocenters. The van der Waals surface area contributed by atoms with Crippen molar-refractivity contribution in [2.24, 2.45) is 11.7 Å². The molecule has 1 aromatic carbocycles. The Labute approximate surface area is 298 Å². The lowest BCUT2D eigenvalue weighted by molar-refractivity contribution is -0.128. The van der Waals surface area contributed by atoms with E-state index in [1.807, 2.05) is 6.07 Å². The van der Waals surface area contributed by atoms with Crippen LogP contribution in [0.15, 0.2) is 18.2 Å². The summed E-state index contributed by atoms with van der Waals surface area (Å²) < 4.78 is 16.9. The van der Waals surface area contributed by atoms with Crippen LogP contribution < -0.4 is 27.0 Å². The first kappa shape index (κ1) is 43.7. The molecule has 2 atom stereocenters. The second kappa shape index (κ2) is 19.2. The van der Waals surface area contributed by atoms with Crippen LogP contribution in [0.2, 0.25) is 18.1 Å². The van der Waals surface area contributed by atoms with E-state index in [1.54, 1.807) is 53.8 Å². The van der Waals surface area contributed by atoms with Crippen LogP contribution in [0.4, 0.5) is 20.1 Å². The Morgan fingerprint density at radius 2 is 1.64 bits per heavy atom. The third-order valence-corrected chi connectivity index (χ3v) is 12.6. The number of primary amides is 1. The minimum absolute atomic E-state index is 0.0275. The van der Waals surface area contributed by atoms with Crippen molar-refractivity contribution in [3.63, 3.8) is 0 Å². The zero-order valence-corrected chi connectivity index (χ0v) is 32.6. The van der Waals surface area contributed by atoms with Crippen LogP contribution in [0.3, 0.4) is 0 Å². The fourth-order valence-electron chi connectivity index (χ4n) is 4.25. The second-order valence-electron chi connectivity index (χ2n) is 15.0. The van der Waals surface area contributed by atoms with Crippen molar-refractivity contribution in [1.29, 1.82) is 0 Å². The Balaban J connectivity index is 3.37. The summed E-state index contributed by atoms with van der Waals surface area (Å²) >= 11 is 0. The highest BCUT2D eigenvalue weighted by molar-refractivity contribution is 6.74. The fraction of sp³-hybridized carbons (Fsp3) is 0.629. The highest BCUT2D eigenvalue weighted by Gasteiger charge is 2.37. The first-order valence-corrected chi connectivity index (χ1v) is 19.6. The average molecular weight is 719 g/mol. The van der Waals surface area contributed by atoms with Gasteiger partial charge in [0.2, 0.25) is 11.8 Å². The molecule has 1 rings (SSSR count). The van der Waals surface area contributed by atoms with Gasteiger partial charge in [0.25, 0.3) is 0 Å². The lowest BCUT2D eigenvalue weighted by Crippen LogP contribution is -2.55. The van der Waals surface area contributed by atoms with Crippen LogP contribution in [0.25, 0.3) is 0 Å². The molecule has 0 spiro atoms. The molecule has 0 aliphatic carbocycles. The molecule has 0 saturated carbocycles. The van der Waals surface area contributed by atoms with Gasteiger partial charge in [0.05, 0.1) is 6.61 Å². The quantitative estimate of drug-likeness (QED) is 0.0912. The summed E-state index contributed by atoms with van der Waals surface area (Å²) in [7, 11) is -0.555. The monoisotopic (exact) mass is 718 g/mol. The Kier molecular flexibility index (Phi) is 16.8. The number of nitrogens with zero attached hydrogens (tertiary/aromatic N) is 1. The molecule has 0 heterocycles. The van der Waals surface area contributed by atoms with Gasteiger partial charge in [0.1, 0.15) is 17.7 Å². The summed E-state index contributed by atoms with van der Waals surface area (Å²) in [5.41, 5.74) is 6.34. The van der Waals surface area contributed by atoms with Gasteiger partial charge in [-0.2, -0.15) is 0 Å². The summed E-state index contributed by atoms with van der Waals surface area (Å²) in [5, 5.41) is 10.7. The van der Waals surface area contributed by atoms with Gasteiger partial charge in [-0.05, 0) is 80.9 Å². The van der Waals surface area contributed by atoms with Crippen molar-refractivity contribution in [2.45, 2.75) is 117 Å². The molecule has 280 valence electrons. The van der Waals surface area contributed by atoms with E-state index in [0.29, 0.717) is 24.3 Å². The Morgan fingerprint density at radius 3 is 2.18 bits per heavy atom. The Hall–Kier alpha value is -4.29. The number of benzene rings is 1. The van der Waals surface area contributed by atoms with Crippen molar-refractivity contribution < 1.29 is 37.9 Å². The molecular weight excluding hydrogens is 661 g/mol. The number of carbonyl (C=O) groups excluding carboxylic acids is 5. The summed E-state index contributed by atoms with van der Waals surface area (Å²) in [5.74, 6) is 0.820. The van der Waals surface area contributed by atoms with E-state index in [-0.39, 0.29) is 37.1 Å². The lowest BCUT2D eigenvalue weighted by atomic mass is 10.0. The summed E-state index contributed by atoms with van der Waals surface area (Å²) in [4.78, 5) is 64.8. The van der Waals surface area contributed by atoms with Crippen LogP contribution in [-0.4, -0.2) is 81.1 Å². The van der Waals surface area contributed by atoms with Crippen molar-refractivity contribution in [3.8, 4) is 12.3 Å². The van der Waals surface area contributed by atoms with Crippen LogP contribution in [0.5, 0.6) is 0 Å². The predicted molar refractivity (Wildman–Crippen MR) is 195 cm³/mol. The minimum atomic E-state index is -2.13. The molecule has 14 nitrogen and oxygen atoms in total. The standard InChI is InChI=1S/C35H58N6O8Si/c1-13-19-47-33(46)41(10)21-25-20-26(17-16-24(25)22-48-50(11,12)35(7,8)9)38-29(42)27(15-14-18-37-31(36)44)39-30(43)28(23(2)3)40-32(45)49-34(4,5)6/h1,16-17,20,23,27-28H,14-15,18-19,21-22H2,2-12H3,(H,38,42)(H,39,43)(H,40,45)(H3,36,37,44)/t27-,28-/m0/s1. The molecule has 0 bridgehead atoms. The molecule has 0 fully saturated rings. The van der Waals surface area contributed by atoms with Gasteiger partial charge < -0.3 is 45.8 Å². The van der Waals surface area contributed by atoms with E-state index >= 15 is 0 Å². The molecule has 0 radical (unpaired) electrons. The smallest absolute Gasteiger partial charge is 0.410 e. The lowest BCUT2D eigenvalue weighted by Gasteiger charge is -2.36. The fourth-order valence-corrected chi connectivity index (χ4v) is 5.20. The van der Waals surface area contributed by atoms with E-state index in [1.165, 1.54) is 4.90 Å². The summed E-state index contributed by atoms with van der Waals surface area (Å²) in [6.45, 7) is 19.8. The Morgan fingerprint density at radius 1 is 1.00 bits per heavy atom. The maximum Gasteiger partial charge on any atom is 0.410 e. The number of urea groups is 1. The molecule has 6 N–H and O–H groups in total. The number of anilines is 1. The third kappa shape index (κ3) is 15.5. The van der Waals surface area contributed by atoms with Gasteiger partial charge in [0, 0.05) is 25.8 Å². The van der Waals surface area contributed by atoms with Crippen LogP contribution in [-0.2, 0) is 36.6 Å². The van der Waals surface area contributed by atoms with Crippen LogP contribution >= 0.6 is 0 Å². The molecule has 1 aromatic rings. The van der Waals surface area contributed by atoms with E-state index in [9.17, 15) is 24.0 Å². The molecule has 0 aliphatic rings. The van der Waals surface area contributed by atoms with Crippen LogP contribution in [0, 0.1) is 18.3 Å². The van der Waals surface area contributed by atoms with Gasteiger partial charge in [-0.3, -0.25) is 9.59 Å². The summed E-state index contributed by atoms with van der Waals surface area (Å²) in [6, 6.07) is 2.52. The molecular formula is C35H58N6O8Si. The molecule has 6 amide bonds. The highest BCUT2D eigenvalue weighted by atomic mass is 28.4. The van der Waals surface area contributed by atoms with Crippen molar-refractivity contribution in [2.75, 3.05) is 25.5 Å². The number of terminal acetylenes is 1. The van der Waals surface area contributed by atoms with Gasteiger partial charge in [-0.15, -0.1) is 6.42 Å². The number of hydrogen-bond donors (Lipinski definition) is 5. The van der Waals surface area contributed by atoms with E-state index in [0.717, 1.165) is 5.56 Å². The topological polar surface area (TPSA) is 190 Å². The largest absolute Gasteiger partial charge is 0.444 e. The molecule has 50 heavy (non-hydrogen) atoms. The zero-order valence-electron chi connectivity index (χ0n) is 31.6. The molecule has 0 aliphatic heterocycles. The number of ether oxygens (including phenoxy) is 2. The third-order valence-electron chi connectivity index (χ3n) is 8.09. The van der Waals surface area contributed by atoms with Crippen molar-refractivity contribution in [3.05, 3.63) is 29.3 Å². The van der Waals surface area contributed by atoms with Crippen molar-refractivity contribution >= 4 is 44.0 Å². The van der Waals surface area contributed by atoms with E-state index in [2.05, 4.69) is 61.1 Å². The number of nitrogens with two attached hydrogens (primary N) is 1. The summed E-state index contributed by atoms with van der Waals surface area (Å²) in [6.07, 6.45) is 4.32.